The molecule has 90 valence electrons. The second-order valence-electron chi connectivity index (χ2n) is 3.41. The predicted octanol–water partition coefficient (Wildman–Crippen LogP) is 3.30. The second-order valence-corrected chi connectivity index (χ2v) is 5.49. The Morgan fingerprint density at radius 1 is 1.50 bits per heavy atom. The summed E-state index contributed by atoms with van der Waals surface area (Å²) in [5.74, 6) is 1.04. The molecular weight excluding hydrogens is 286 g/mol. The van der Waals surface area contributed by atoms with Gasteiger partial charge in [-0.2, -0.15) is 0 Å². The van der Waals surface area contributed by atoms with Crippen molar-refractivity contribution in [2.45, 2.75) is 24.3 Å². The number of benzene rings is 1. The zero-order valence-electron chi connectivity index (χ0n) is 9.49. The topological polar surface area (TPSA) is 35.2 Å². The van der Waals surface area contributed by atoms with Gasteiger partial charge in [-0.3, -0.25) is 0 Å². The Balaban J connectivity index is 2.29. The molecule has 0 aromatic heterocycles. The summed E-state index contributed by atoms with van der Waals surface area (Å²) in [4.78, 5) is 1.28. The Labute approximate surface area is 110 Å². The van der Waals surface area contributed by atoms with Gasteiger partial charge in [-0.25, -0.2) is 0 Å². The third-order valence-electron chi connectivity index (χ3n) is 2.17. The number of ether oxygens (including phenoxy) is 1. The summed E-state index contributed by atoms with van der Waals surface area (Å²) < 4.78 is 6.63. The molecular formula is C12H18BrNOS. The lowest BCUT2D eigenvalue weighted by Gasteiger charge is -2.14. The maximum atomic E-state index is 5.62. The molecule has 1 rings (SSSR count). The number of nitrogens with two attached hydrogens (primary N) is 1. The summed E-state index contributed by atoms with van der Waals surface area (Å²) in [6.45, 7) is 3.35. The van der Waals surface area contributed by atoms with Gasteiger partial charge in [0, 0.05) is 28.3 Å². The van der Waals surface area contributed by atoms with E-state index in [1.165, 1.54) is 4.90 Å². The van der Waals surface area contributed by atoms with E-state index in [4.69, 9.17) is 10.5 Å². The first-order valence-electron chi connectivity index (χ1n) is 5.46. The van der Waals surface area contributed by atoms with E-state index in [0.717, 1.165) is 23.3 Å². The largest absolute Gasteiger partial charge is 0.377 e. The summed E-state index contributed by atoms with van der Waals surface area (Å²) >= 11 is 5.30. The molecule has 16 heavy (non-hydrogen) atoms. The highest BCUT2D eigenvalue weighted by Gasteiger charge is 2.05. The molecule has 0 saturated heterocycles. The average molecular weight is 304 g/mol. The van der Waals surface area contributed by atoms with Crippen molar-refractivity contribution in [2.75, 3.05) is 18.9 Å². The minimum atomic E-state index is 0.199. The highest BCUT2D eigenvalue weighted by Crippen LogP contribution is 2.23. The molecule has 1 unspecified atom stereocenters. The first-order valence-corrected chi connectivity index (χ1v) is 7.24. The Hall–Kier alpha value is -0.0300. The predicted molar refractivity (Wildman–Crippen MR) is 74.0 cm³/mol. The fourth-order valence-corrected chi connectivity index (χ4v) is 2.92. The van der Waals surface area contributed by atoms with E-state index in [2.05, 4.69) is 34.1 Å². The lowest BCUT2D eigenvalue weighted by atomic mass is 10.3. The molecule has 0 saturated carbocycles. The fraction of sp³-hybridized carbons (Fsp3) is 0.500. The van der Waals surface area contributed by atoms with E-state index in [0.29, 0.717) is 6.54 Å². The van der Waals surface area contributed by atoms with Crippen molar-refractivity contribution in [2.24, 2.45) is 5.73 Å². The molecule has 0 aliphatic heterocycles. The SMILES string of the molecule is CCOC(CN)CCSc1cccc(Br)c1. The Bertz CT molecular complexity index is 309. The first kappa shape index (κ1) is 14.0. The highest BCUT2D eigenvalue weighted by atomic mass is 79.9. The number of hydrogen-bond donors (Lipinski definition) is 1. The van der Waals surface area contributed by atoms with E-state index in [1.807, 2.05) is 24.8 Å². The summed E-state index contributed by atoms with van der Waals surface area (Å²) in [5.41, 5.74) is 5.62. The van der Waals surface area contributed by atoms with E-state index >= 15 is 0 Å². The molecule has 0 heterocycles. The van der Waals surface area contributed by atoms with Gasteiger partial charge in [-0.05, 0) is 31.5 Å². The van der Waals surface area contributed by atoms with Crippen LogP contribution in [0.3, 0.4) is 0 Å². The molecule has 0 amide bonds. The summed E-state index contributed by atoms with van der Waals surface area (Å²) in [6.07, 6.45) is 1.20. The van der Waals surface area contributed by atoms with Crippen LogP contribution in [-0.2, 0) is 4.74 Å². The maximum absolute atomic E-state index is 5.62. The number of halogens is 1. The van der Waals surface area contributed by atoms with E-state index < -0.39 is 0 Å². The normalized spacial score (nSPS) is 12.7. The molecule has 0 aliphatic rings. The average Bonchev–Trinajstić information content (AvgIpc) is 2.28. The Morgan fingerprint density at radius 2 is 2.31 bits per heavy atom. The molecule has 2 N–H and O–H groups in total. The van der Waals surface area contributed by atoms with Crippen LogP contribution in [0.25, 0.3) is 0 Å². The van der Waals surface area contributed by atoms with Gasteiger partial charge in [0.2, 0.25) is 0 Å². The van der Waals surface area contributed by atoms with Crippen molar-refractivity contribution in [3.05, 3.63) is 28.7 Å². The van der Waals surface area contributed by atoms with Crippen LogP contribution >= 0.6 is 27.7 Å². The molecule has 0 aliphatic carbocycles. The van der Waals surface area contributed by atoms with Crippen LogP contribution in [0.5, 0.6) is 0 Å². The molecule has 2 nitrogen and oxygen atoms in total. The van der Waals surface area contributed by atoms with E-state index in [-0.39, 0.29) is 6.10 Å². The maximum Gasteiger partial charge on any atom is 0.0705 e. The van der Waals surface area contributed by atoms with Crippen LogP contribution < -0.4 is 5.73 Å². The smallest absolute Gasteiger partial charge is 0.0705 e. The quantitative estimate of drug-likeness (QED) is 0.785. The molecule has 1 atom stereocenters. The first-order chi connectivity index (χ1) is 7.76. The van der Waals surface area contributed by atoms with E-state index in [1.54, 1.807) is 0 Å². The fourth-order valence-electron chi connectivity index (χ4n) is 1.37. The lowest BCUT2D eigenvalue weighted by molar-refractivity contribution is 0.0674. The van der Waals surface area contributed by atoms with Gasteiger partial charge in [-0.1, -0.05) is 22.0 Å². The summed E-state index contributed by atoms with van der Waals surface area (Å²) in [6, 6.07) is 8.33. The minimum Gasteiger partial charge on any atom is -0.377 e. The van der Waals surface area contributed by atoms with Crippen molar-refractivity contribution in [3.63, 3.8) is 0 Å². The van der Waals surface area contributed by atoms with Crippen LogP contribution in [0.1, 0.15) is 13.3 Å². The Morgan fingerprint density at radius 3 is 2.94 bits per heavy atom. The third kappa shape index (κ3) is 5.34. The highest BCUT2D eigenvalue weighted by molar-refractivity contribution is 9.10. The molecule has 4 heteroatoms. The molecule has 1 aromatic rings. The van der Waals surface area contributed by atoms with Gasteiger partial charge in [0.05, 0.1) is 6.10 Å². The summed E-state index contributed by atoms with van der Waals surface area (Å²) in [5, 5.41) is 0. The number of hydrogen-bond acceptors (Lipinski definition) is 3. The van der Waals surface area contributed by atoms with Crippen LogP contribution in [0.4, 0.5) is 0 Å². The van der Waals surface area contributed by atoms with Crippen molar-refractivity contribution in [3.8, 4) is 0 Å². The monoisotopic (exact) mass is 303 g/mol. The summed E-state index contributed by atoms with van der Waals surface area (Å²) in [7, 11) is 0. The van der Waals surface area contributed by atoms with Gasteiger partial charge in [0.1, 0.15) is 0 Å². The molecule has 0 spiro atoms. The molecule has 0 radical (unpaired) electrons. The van der Waals surface area contributed by atoms with Crippen LogP contribution in [0, 0.1) is 0 Å². The Kier molecular flexibility index (Phi) is 7.12. The minimum absolute atomic E-state index is 0.199. The lowest BCUT2D eigenvalue weighted by Crippen LogP contribution is -2.24. The van der Waals surface area contributed by atoms with E-state index in [9.17, 15) is 0 Å². The van der Waals surface area contributed by atoms with Gasteiger partial charge in [-0.15, -0.1) is 11.8 Å². The molecule has 0 fully saturated rings. The van der Waals surface area contributed by atoms with Gasteiger partial charge < -0.3 is 10.5 Å². The standard InChI is InChI=1S/C12H18BrNOS/c1-2-15-11(9-14)6-7-16-12-5-3-4-10(13)8-12/h3-5,8,11H,2,6-7,9,14H2,1H3. The van der Waals surface area contributed by atoms with Crippen LogP contribution in [-0.4, -0.2) is 25.0 Å². The molecule has 1 aromatic carbocycles. The zero-order chi connectivity index (χ0) is 11.8. The van der Waals surface area contributed by atoms with Gasteiger partial charge >= 0.3 is 0 Å². The van der Waals surface area contributed by atoms with Crippen LogP contribution in [0.2, 0.25) is 0 Å². The van der Waals surface area contributed by atoms with Crippen molar-refractivity contribution in [1.82, 2.24) is 0 Å². The number of thioether (sulfide) groups is 1. The van der Waals surface area contributed by atoms with Gasteiger partial charge in [0.15, 0.2) is 0 Å². The third-order valence-corrected chi connectivity index (χ3v) is 3.69. The number of rotatable bonds is 7. The van der Waals surface area contributed by atoms with Crippen LogP contribution in [0.15, 0.2) is 33.6 Å². The van der Waals surface area contributed by atoms with Crippen molar-refractivity contribution >= 4 is 27.7 Å². The second kappa shape index (κ2) is 8.12. The molecule has 0 bridgehead atoms. The van der Waals surface area contributed by atoms with Crippen molar-refractivity contribution < 1.29 is 4.74 Å². The van der Waals surface area contributed by atoms with Crippen molar-refractivity contribution in [1.29, 1.82) is 0 Å². The van der Waals surface area contributed by atoms with Gasteiger partial charge in [0.25, 0.3) is 0 Å². The zero-order valence-corrected chi connectivity index (χ0v) is 11.9.